The Morgan fingerprint density at radius 2 is 2.21 bits per heavy atom. The van der Waals surface area contributed by atoms with Crippen LogP contribution in [0.1, 0.15) is 0 Å². The Kier molecular flexibility index (Phi) is 2.92. The largest absolute Gasteiger partial charge is 0.393 e. The topological polar surface area (TPSA) is 98.3 Å². The number of hydrogen-bond donors (Lipinski definition) is 3. The molecule has 6 nitrogen and oxygen atoms in total. The average molecular weight is 213 g/mol. The van der Waals surface area contributed by atoms with Crippen molar-refractivity contribution in [1.82, 2.24) is 0 Å². The zero-order chi connectivity index (χ0) is 10.7. The van der Waals surface area contributed by atoms with Crippen LogP contribution >= 0.6 is 12.6 Å². The molecule has 0 aromatic heterocycles. The van der Waals surface area contributed by atoms with E-state index in [2.05, 4.69) is 17.9 Å². The van der Waals surface area contributed by atoms with Gasteiger partial charge in [-0.25, -0.2) is 0 Å². The maximum atomic E-state index is 10.5. The van der Waals surface area contributed by atoms with Crippen LogP contribution in [0.5, 0.6) is 0 Å². The van der Waals surface area contributed by atoms with Crippen molar-refractivity contribution in [2.45, 2.75) is 0 Å². The highest BCUT2D eigenvalue weighted by molar-refractivity contribution is 7.96. The lowest BCUT2D eigenvalue weighted by Crippen LogP contribution is -2.03. The van der Waals surface area contributed by atoms with E-state index in [1.807, 2.05) is 0 Å². The van der Waals surface area contributed by atoms with Crippen LogP contribution in [0, 0.1) is 10.1 Å². The summed E-state index contributed by atoms with van der Waals surface area (Å²) in [6.07, 6.45) is 0. The maximum absolute atomic E-state index is 10.5. The summed E-state index contributed by atoms with van der Waals surface area (Å²) < 4.78 is 0. The Hall–Kier alpha value is -1.76. The van der Waals surface area contributed by atoms with Gasteiger partial charge in [0.2, 0.25) is 0 Å². The van der Waals surface area contributed by atoms with Crippen LogP contribution in [-0.2, 0) is 0 Å². The van der Waals surface area contributed by atoms with Gasteiger partial charge in [-0.2, -0.15) is 0 Å². The van der Waals surface area contributed by atoms with E-state index >= 15 is 0 Å². The molecule has 0 aliphatic heterocycles. The van der Waals surface area contributed by atoms with Crippen molar-refractivity contribution in [3.8, 4) is 0 Å². The van der Waals surface area contributed by atoms with Crippen LogP contribution in [-0.4, -0.2) is 10.2 Å². The molecule has 7 heteroatoms. The predicted molar refractivity (Wildman–Crippen MR) is 55.5 cm³/mol. The Morgan fingerprint density at radius 1 is 1.57 bits per heavy atom. The summed E-state index contributed by atoms with van der Waals surface area (Å²) in [5.41, 5.74) is 5.43. The predicted octanol–water partition coefficient (Wildman–Crippen LogP) is 1.64. The van der Waals surface area contributed by atoms with Gasteiger partial charge in [-0.15, -0.1) is 0 Å². The van der Waals surface area contributed by atoms with Crippen molar-refractivity contribution in [2.75, 3.05) is 11.1 Å². The molecule has 0 aliphatic carbocycles. The molecule has 0 radical (unpaired) electrons. The fraction of sp³-hybridized carbons (Fsp3) is 0. The van der Waals surface area contributed by atoms with Gasteiger partial charge in [0.15, 0.2) is 0 Å². The number of rotatable bonds is 2. The number of nitrogens with zero attached hydrogens (tertiary/aromatic N) is 1. The standard InChI is InChI=1S/C7H7N3O3S/c8-5-2-1-4(9-7(11)14)3-6(5)10(12)13/h1-3H,8H2,(H2,9,11,14). The van der Waals surface area contributed by atoms with Crippen molar-refractivity contribution in [3.05, 3.63) is 28.3 Å². The fourth-order valence-electron chi connectivity index (χ4n) is 0.903. The molecule has 0 unspecified atom stereocenters. The van der Waals surface area contributed by atoms with Crippen molar-refractivity contribution in [1.29, 1.82) is 0 Å². The molecule has 0 saturated carbocycles. The number of carbonyl (C=O) groups is 1. The zero-order valence-corrected chi connectivity index (χ0v) is 7.82. The van der Waals surface area contributed by atoms with Crippen LogP contribution in [0.25, 0.3) is 0 Å². The first-order valence-electron chi connectivity index (χ1n) is 3.54. The molecule has 0 heterocycles. The quantitative estimate of drug-likeness (QED) is 0.301. The Bertz CT molecular complexity index is 394. The van der Waals surface area contributed by atoms with E-state index < -0.39 is 10.2 Å². The van der Waals surface area contributed by atoms with Gasteiger partial charge in [-0.05, 0) is 12.1 Å². The van der Waals surface area contributed by atoms with E-state index in [1.165, 1.54) is 18.2 Å². The van der Waals surface area contributed by atoms with Crippen molar-refractivity contribution < 1.29 is 9.72 Å². The molecular formula is C7H7N3O3S. The molecule has 1 amide bonds. The second-order valence-corrected chi connectivity index (χ2v) is 2.87. The molecule has 0 spiro atoms. The van der Waals surface area contributed by atoms with Gasteiger partial charge < -0.3 is 11.1 Å². The summed E-state index contributed by atoms with van der Waals surface area (Å²) in [6, 6.07) is 3.97. The average Bonchev–Trinajstić information content (AvgIpc) is 2.07. The second-order valence-electron chi connectivity index (χ2n) is 2.46. The number of nitro benzene ring substituents is 1. The lowest BCUT2D eigenvalue weighted by atomic mass is 10.2. The van der Waals surface area contributed by atoms with Gasteiger partial charge >= 0.3 is 0 Å². The Labute approximate surface area is 84.7 Å². The molecule has 1 rings (SSSR count). The van der Waals surface area contributed by atoms with Gasteiger partial charge in [-0.1, -0.05) is 12.6 Å². The molecule has 74 valence electrons. The van der Waals surface area contributed by atoms with Gasteiger partial charge in [0.25, 0.3) is 10.9 Å². The van der Waals surface area contributed by atoms with Gasteiger partial charge in [-0.3, -0.25) is 14.9 Å². The van der Waals surface area contributed by atoms with Crippen LogP contribution in [0.3, 0.4) is 0 Å². The van der Waals surface area contributed by atoms with E-state index in [0.717, 1.165) is 0 Å². The number of nitro groups is 1. The smallest absolute Gasteiger partial charge is 0.294 e. The maximum Gasteiger partial charge on any atom is 0.294 e. The van der Waals surface area contributed by atoms with Crippen LogP contribution in [0.15, 0.2) is 18.2 Å². The molecule has 1 aromatic rings. The molecule has 0 bridgehead atoms. The molecule has 14 heavy (non-hydrogen) atoms. The highest BCUT2D eigenvalue weighted by Gasteiger charge is 2.11. The summed E-state index contributed by atoms with van der Waals surface area (Å²) in [5.74, 6) is 0. The number of carbonyl (C=O) groups excluding carboxylic acids is 1. The minimum atomic E-state index is -0.622. The van der Waals surface area contributed by atoms with Crippen LogP contribution in [0.2, 0.25) is 0 Å². The fourth-order valence-corrected chi connectivity index (χ4v) is 1.03. The summed E-state index contributed by atoms with van der Waals surface area (Å²) in [5, 5.41) is 12.2. The number of benzene rings is 1. The molecule has 0 atom stereocenters. The third kappa shape index (κ3) is 2.36. The first-order valence-corrected chi connectivity index (χ1v) is 3.99. The Balaban J connectivity index is 3.06. The number of nitrogen functional groups attached to an aromatic ring is 1. The summed E-state index contributed by atoms with van der Waals surface area (Å²) in [6.45, 7) is 0. The van der Waals surface area contributed by atoms with Gasteiger partial charge in [0, 0.05) is 11.8 Å². The van der Waals surface area contributed by atoms with E-state index in [0.29, 0.717) is 0 Å². The van der Waals surface area contributed by atoms with Crippen molar-refractivity contribution in [3.63, 3.8) is 0 Å². The molecule has 0 saturated heterocycles. The lowest BCUT2D eigenvalue weighted by Gasteiger charge is -2.02. The van der Waals surface area contributed by atoms with Gasteiger partial charge in [0.05, 0.1) is 4.92 Å². The summed E-state index contributed by atoms with van der Waals surface area (Å²) in [4.78, 5) is 20.4. The van der Waals surface area contributed by atoms with E-state index in [9.17, 15) is 14.9 Å². The highest BCUT2D eigenvalue weighted by atomic mass is 32.1. The molecule has 1 aromatic carbocycles. The van der Waals surface area contributed by atoms with E-state index in [1.54, 1.807) is 0 Å². The molecule has 0 fully saturated rings. The van der Waals surface area contributed by atoms with Crippen LogP contribution < -0.4 is 11.1 Å². The number of thiol groups is 1. The monoisotopic (exact) mass is 213 g/mol. The van der Waals surface area contributed by atoms with Gasteiger partial charge in [0.1, 0.15) is 5.69 Å². The molecule has 0 aliphatic rings. The number of anilines is 2. The lowest BCUT2D eigenvalue weighted by molar-refractivity contribution is -0.383. The molecular weight excluding hydrogens is 206 g/mol. The second kappa shape index (κ2) is 3.97. The minimum Gasteiger partial charge on any atom is -0.393 e. The van der Waals surface area contributed by atoms with E-state index in [4.69, 9.17) is 5.73 Å². The third-order valence-corrected chi connectivity index (χ3v) is 1.59. The van der Waals surface area contributed by atoms with E-state index in [-0.39, 0.29) is 17.1 Å². The normalized spacial score (nSPS) is 9.50. The summed E-state index contributed by atoms with van der Waals surface area (Å²) >= 11 is 3.47. The minimum absolute atomic E-state index is 0.0483. The SMILES string of the molecule is Nc1ccc(NC(=O)S)cc1[N+](=O)[O-]. The first-order chi connectivity index (χ1) is 6.50. The zero-order valence-electron chi connectivity index (χ0n) is 6.93. The van der Waals surface area contributed by atoms with Crippen molar-refractivity contribution >= 4 is 34.9 Å². The highest BCUT2D eigenvalue weighted by Crippen LogP contribution is 2.24. The summed E-state index contributed by atoms with van der Waals surface area (Å²) in [7, 11) is 0. The first kappa shape index (κ1) is 10.3. The Morgan fingerprint density at radius 3 is 2.71 bits per heavy atom. The number of amides is 1. The number of nitrogens with one attached hydrogen (secondary N) is 1. The number of hydrogen-bond acceptors (Lipinski definition) is 4. The van der Waals surface area contributed by atoms with Crippen LogP contribution in [0.4, 0.5) is 21.9 Å². The van der Waals surface area contributed by atoms with Crippen molar-refractivity contribution in [2.24, 2.45) is 0 Å². The molecule has 3 N–H and O–H groups in total. The third-order valence-electron chi connectivity index (χ3n) is 1.48. The number of nitrogens with two attached hydrogens (primary N) is 1.